The van der Waals surface area contributed by atoms with Crippen molar-refractivity contribution in [2.24, 2.45) is 0 Å². The number of amides is 1. The van der Waals surface area contributed by atoms with Gasteiger partial charge in [-0.1, -0.05) is 54.6 Å². The van der Waals surface area contributed by atoms with Crippen molar-refractivity contribution in [3.8, 4) is 0 Å². The van der Waals surface area contributed by atoms with E-state index in [9.17, 15) is 14.7 Å². The van der Waals surface area contributed by atoms with Crippen molar-refractivity contribution in [1.82, 2.24) is 4.90 Å². The Kier molecular flexibility index (Phi) is 4.74. The number of fused-ring (bicyclic) bond motifs is 1. The summed E-state index contributed by atoms with van der Waals surface area (Å²) in [6.45, 7) is 3.03. The molecule has 1 saturated heterocycles. The summed E-state index contributed by atoms with van der Waals surface area (Å²) in [5.41, 5.74) is 1.84. The Morgan fingerprint density at radius 2 is 1.57 bits per heavy atom. The number of aliphatic carboxylic acids is 1. The molecule has 4 nitrogen and oxygen atoms in total. The van der Waals surface area contributed by atoms with Gasteiger partial charge in [-0.2, -0.15) is 0 Å². The zero-order valence-corrected chi connectivity index (χ0v) is 16.4. The largest absolute Gasteiger partial charge is 0.481 e. The summed E-state index contributed by atoms with van der Waals surface area (Å²) < 4.78 is 0. The van der Waals surface area contributed by atoms with Crippen LogP contribution in [0.5, 0.6) is 0 Å². The number of likely N-dealkylation sites (tertiary alicyclic amines) is 1. The first-order chi connectivity index (χ1) is 13.5. The molecule has 0 bridgehead atoms. The van der Waals surface area contributed by atoms with Crippen molar-refractivity contribution in [3.63, 3.8) is 0 Å². The van der Waals surface area contributed by atoms with Crippen LogP contribution in [-0.2, 0) is 26.8 Å². The van der Waals surface area contributed by atoms with Gasteiger partial charge in [0.1, 0.15) is 0 Å². The Balaban J connectivity index is 1.57. The smallest absolute Gasteiger partial charge is 0.314 e. The van der Waals surface area contributed by atoms with E-state index in [-0.39, 0.29) is 5.91 Å². The Morgan fingerprint density at radius 1 is 0.929 bits per heavy atom. The normalized spacial score (nSPS) is 23.7. The molecule has 28 heavy (non-hydrogen) atoms. The number of nitrogens with zero attached hydrogens (tertiary/aromatic N) is 1. The van der Waals surface area contributed by atoms with Gasteiger partial charge >= 0.3 is 5.97 Å². The summed E-state index contributed by atoms with van der Waals surface area (Å²) in [5.74, 6) is -0.647. The molecule has 2 aliphatic rings. The van der Waals surface area contributed by atoms with E-state index in [0.717, 1.165) is 30.4 Å². The molecular weight excluding hydrogens is 350 g/mol. The molecule has 1 aliphatic carbocycles. The molecule has 1 amide bonds. The van der Waals surface area contributed by atoms with Crippen molar-refractivity contribution >= 4 is 11.9 Å². The fourth-order valence-electron chi connectivity index (χ4n) is 5.09. The van der Waals surface area contributed by atoms with Crippen LogP contribution in [0.4, 0.5) is 0 Å². The number of hydrogen-bond acceptors (Lipinski definition) is 2. The van der Waals surface area contributed by atoms with Crippen LogP contribution in [0.2, 0.25) is 0 Å². The summed E-state index contributed by atoms with van der Waals surface area (Å²) in [5, 5.41) is 9.99. The predicted octanol–water partition coefficient (Wildman–Crippen LogP) is 3.93. The summed E-state index contributed by atoms with van der Waals surface area (Å²) in [6.07, 6.45) is 3.79. The van der Waals surface area contributed by atoms with Gasteiger partial charge in [0.05, 0.1) is 10.8 Å². The van der Waals surface area contributed by atoms with Crippen LogP contribution in [0, 0.1) is 0 Å². The van der Waals surface area contributed by atoms with E-state index < -0.39 is 16.8 Å². The lowest BCUT2D eigenvalue weighted by Crippen LogP contribution is -2.54. The molecular formula is C24H27NO3. The molecule has 0 saturated carbocycles. The maximum Gasteiger partial charge on any atom is 0.314 e. The van der Waals surface area contributed by atoms with E-state index in [1.165, 1.54) is 5.56 Å². The summed E-state index contributed by atoms with van der Waals surface area (Å²) in [6, 6.07) is 17.7. The van der Waals surface area contributed by atoms with Gasteiger partial charge in [-0.05, 0) is 55.7 Å². The van der Waals surface area contributed by atoms with Gasteiger partial charge in [0.25, 0.3) is 0 Å². The van der Waals surface area contributed by atoms with Crippen LogP contribution in [-0.4, -0.2) is 35.0 Å². The van der Waals surface area contributed by atoms with Crippen LogP contribution in [0.3, 0.4) is 0 Å². The van der Waals surface area contributed by atoms with Gasteiger partial charge in [-0.3, -0.25) is 9.59 Å². The quantitative estimate of drug-likeness (QED) is 0.882. The highest BCUT2D eigenvalue weighted by Crippen LogP contribution is 2.41. The lowest BCUT2D eigenvalue weighted by atomic mass is 9.69. The zero-order valence-electron chi connectivity index (χ0n) is 16.4. The van der Waals surface area contributed by atoms with Gasteiger partial charge in [0.15, 0.2) is 0 Å². The van der Waals surface area contributed by atoms with E-state index >= 15 is 0 Å². The van der Waals surface area contributed by atoms with Gasteiger partial charge in [0.2, 0.25) is 5.91 Å². The Labute approximate surface area is 166 Å². The molecule has 146 valence electrons. The number of aryl methyl sites for hydroxylation is 1. The molecule has 0 radical (unpaired) electrons. The van der Waals surface area contributed by atoms with E-state index in [2.05, 4.69) is 19.1 Å². The Bertz CT molecular complexity index is 884. The Morgan fingerprint density at radius 3 is 2.25 bits per heavy atom. The molecule has 1 aliphatic heterocycles. The van der Waals surface area contributed by atoms with Gasteiger partial charge in [-0.15, -0.1) is 0 Å². The van der Waals surface area contributed by atoms with Crippen LogP contribution in [0.15, 0.2) is 54.6 Å². The molecule has 2 aromatic carbocycles. The van der Waals surface area contributed by atoms with Crippen molar-refractivity contribution in [3.05, 3.63) is 71.3 Å². The molecule has 0 spiro atoms. The van der Waals surface area contributed by atoms with Crippen LogP contribution < -0.4 is 0 Å². The summed E-state index contributed by atoms with van der Waals surface area (Å²) in [7, 11) is 0. The molecule has 4 rings (SSSR count). The van der Waals surface area contributed by atoms with Gasteiger partial charge in [0, 0.05) is 13.1 Å². The molecule has 2 aromatic rings. The number of rotatable bonds is 3. The number of carbonyl (C=O) groups is 2. The highest BCUT2D eigenvalue weighted by atomic mass is 16.4. The number of benzene rings is 2. The first-order valence-corrected chi connectivity index (χ1v) is 10.1. The maximum atomic E-state index is 13.5. The molecule has 1 heterocycles. The minimum atomic E-state index is -0.899. The van der Waals surface area contributed by atoms with Gasteiger partial charge < -0.3 is 10.0 Å². The van der Waals surface area contributed by atoms with Crippen LogP contribution >= 0.6 is 0 Å². The number of piperidine rings is 1. The highest BCUT2D eigenvalue weighted by molar-refractivity contribution is 5.89. The van der Waals surface area contributed by atoms with E-state index in [0.29, 0.717) is 25.9 Å². The van der Waals surface area contributed by atoms with E-state index in [4.69, 9.17) is 0 Å². The number of carboxylic acids is 1. The van der Waals surface area contributed by atoms with Crippen molar-refractivity contribution < 1.29 is 14.7 Å². The molecule has 1 N–H and O–H groups in total. The minimum absolute atomic E-state index is 0.145. The number of hydrogen-bond donors (Lipinski definition) is 1. The molecule has 1 atom stereocenters. The third kappa shape index (κ3) is 2.92. The van der Waals surface area contributed by atoms with Crippen LogP contribution in [0.1, 0.15) is 49.3 Å². The average molecular weight is 377 g/mol. The van der Waals surface area contributed by atoms with Crippen molar-refractivity contribution in [1.29, 1.82) is 0 Å². The molecule has 1 fully saturated rings. The second kappa shape index (κ2) is 7.08. The fraction of sp³-hybridized carbons (Fsp3) is 0.417. The fourth-order valence-corrected chi connectivity index (χ4v) is 5.09. The second-order valence-electron chi connectivity index (χ2n) is 8.39. The zero-order chi connectivity index (χ0) is 19.8. The van der Waals surface area contributed by atoms with Crippen molar-refractivity contribution in [2.75, 3.05) is 13.1 Å². The Hall–Kier alpha value is -2.62. The summed E-state index contributed by atoms with van der Waals surface area (Å²) >= 11 is 0. The van der Waals surface area contributed by atoms with E-state index in [1.54, 1.807) is 0 Å². The topological polar surface area (TPSA) is 57.6 Å². The summed E-state index contributed by atoms with van der Waals surface area (Å²) in [4.78, 5) is 27.6. The third-order valence-electron chi connectivity index (χ3n) is 6.85. The minimum Gasteiger partial charge on any atom is -0.481 e. The SMILES string of the molecule is CC1(C(=O)N2CCC(C(=O)O)(c3ccccc3)CC2)CCCc2ccccc21. The lowest BCUT2D eigenvalue weighted by Gasteiger charge is -2.44. The third-order valence-corrected chi connectivity index (χ3v) is 6.85. The second-order valence-corrected chi connectivity index (χ2v) is 8.39. The molecule has 0 aromatic heterocycles. The molecule has 4 heteroatoms. The standard InChI is InChI=1S/C24H27NO3/c1-23(13-7-9-18-8-5-6-12-20(18)23)21(26)25-16-14-24(15-17-25,22(27)28)19-10-3-2-4-11-19/h2-6,8,10-12H,7,9,13-17H2,1H3,(H,27,28). The van der Waals surface area contributed by atoms with E-state index in [1.807, 2.05) is 47.4 Å². The first-order valence-electron chi connectivity index (χ1n) is 10.1. The lowest BCUT2D eigenvalue weighted by molar-refractivity contribution is -0.149. The molecule has 1 unspecified atom stereocenters. The highest BCUT2D eigenvalue weighted by Gasteiger charge is 2.47. The first kappa shape index (κ1) is 18.7. The number of carboxylic acid groups (broad SMARTS) is 1. The monoisotopic (exact) mass is 377 g/mol. The predicted molar refractivity (Wildman–Crippen MR) is 108 cm³/mol. The maximum absolute atomic E-state index is 13.5. The average Bonchev–Trinajstić information content (AvgIpc) is 2.74. The van der Waals surface area contributed by atoms with Crippen LogP contribution in [0.25, 0.3) is 0 Å². The van der Waals surface area contributed by atoms with Gasteiger partial charge in [-0.25, -0.2) is 0 Å². The number of carbonyl (C=O) groups excluding carboxylic acids is 1. The van der Waals surface area contributed by atoms with Crippen molar-refractivity contribution in [2.45, 2.75) is 49.9 Å².